The molecule has 0 saturated carbocycles. The van der Waals surface area contributed by atoms with Crippen molar-refractivity contribution in [1.82, 2.24) is 4.90 Å². The van der Waals surface area contributed by atoms with Gasteiger partial charge in [0.25, 0.3) is 0 Å². The van der Waals surface area contributed by atoms with E-state index in [0.717, 1.165) is 32.5 Å². The summed E-state index contributed by atoms with van der Waals surface area (Å²) < 4.78 is 0. The highest BCUT2D eigenvalue weighted by Crippen LogP contribution is 2.16. The molecule has 2 N–H and O–H groups in total. The Kier molecular flexibility index (Phi) is 3.78. The summed E-state index contributed by atoms with van der Waals surface area (Å²) in [7, 11) is 0. The van der Waals surface area contributed by atoms with E-state index >= 15 is 0 Å². The normalized spacial score (nSPS) is 18.3. The summed E-state index contributed by atoms with van der Waals surface area (Å²) in [5, 5.41) is 0. The third kappa shape index (κ3) is 2.74. The Hall–Kier alpha value is -1.01. The third-order valence-corrected chi connectivity index (χ3v) is 2.55. The number of carbonyl (C=O) groups excluding carboxylic acids is 1. The molecule has 1 fully saturated rings. The summed E-state index contributed by atoms with van der Waals surface area (Å²) in [4.78, 5) is 13.2. The summed E-state index contributed by atoms with van der Waals surface area (Å²) >= 11 is 0. The lowest BCUT2D eigenvalue weighted by Gasteiger charge is -2.30. The van der Waals surface area contributed by atoms with Gasteiger partial charge in [0.1, 0.15) is 0 Å². The summed E-state index contributed by atoms with van der Waals surface area (Å²) in [6, 6.07) is 0. The monoisotopic (exact) mass is 180 g/mol. The van der Waals surface area contributed by atoms with E-state index in [9.17, 15) is 4.79 Å². The van der Waals surface area contributed by atoms with Crippen LogP contribution < -0.4 is 5.73 Å². The fourth-order valence-electron chi connectivity index (χ4n) is 1.62. The second-order valence-electron chi connectivity index (χ2n) is 3.44. The molecule has 1 heterocycles. The number of nitrogens with zero attached hydrogens (tertiary/aromatic N) is 1. The number of hydrogen-bond donors (Lipinski definition) is 1. The van der Waals surface area contributed by atoms with Crippen molar-refractivity contribution in [2.24, 2.45) is 11.7 Å². The molecule has 1 aliphatic rings. The van der Waals surface area contributed by atoms with Crippen LogP contribution in [0, 0.1) is 18.3 Å². The van der Waals surface area contributed by atoms with Crippen molar-refractivity contribution in [2.75, 3.05) is 19.6 Å². The summed E-state index contributed by atoms with van der Waals surface area (Å²) in [5.74, 6) is 3.05. The number of carbonyl (C=O) groups is 1. The zero-order valence-corrected chi connectivity index (χ0v) is 7.83. The molecule has 72 valence electrons. The van der Waals surface area contributed by atoms with E-state index < -0.39 is 0 Å². The number of rotatable bonds is 2. The molecule has 0 bridgehead atoms. The van der Waals surface area contributed by atoms with E-state index in [1.807, 2.05) is 4.90 Å². The Morgan fingerprint density at radius 1 is 1.54 bits per heavy atom. The Bertz CT molecular complexity index is 211. The second kappa shape index (κ2) is 4.88. The average molecular weight is 180 g/mol. The molecule has 0 aromatic rings. The molecule has 0 aromatic carbocycles. The Labute approximate surface area is 79.3 Å². The average Bonchev–Trinajstić information content (AvgIpc) is 2.18. The first-order valence-corrected chi connectivity index (χ1v) is 4.69. The number of piperidine rings is 1. The van der Waals surface area contributed by atoms with Gasteiger partial charge in [-0.15, -0.1) is 6.42 Å². The molecule has 3 nitrogen and oxygen atoms in total. The second-order valence-corrected chi connectivity index (χ2v) is 3.44. The van der Waals surface area contributed by atoms with Crippen LogP contribution in [0.25, 0.3) is 0 Å². The summed E-state index contributed by atoms with van der Waals surface area (Å²) in [5.41, 5.74) is 5.55. The van der Waals surface area contributed by atoms with Crippen LogP contribution in [0.4, 0.5) is 0 Å². The molecule has 1 rings (SSSR count). The molecule has 0 aliphatic carbocycles. The number of amides is 1. The molecule has 3 heteroatoms. The fraction of sp³-hybridized carbons (Fsp3) is 0.700. The van der Waals surface area contributed by atoms with E-state index in [2.05, 4.69) is 5.92 Å². The SMILES string of the molecule is C#CCC(=O)N1CCC(CN)CC1. The van der Waals surface area contributed by atoms with Gasteiger partial charge in [-0.3, -0.25) is 4.79 Å². The molecule has 1 amide bonds. The molecule has 0 spiro atoms. The van der Waals surface area contributed by atoms with Gasteiger partial charge in [-0.1, -0.05) is 5.92 Å². The topological polar surface area (TPSA) is 46.3 Å². The summed E-state index contributed by atoms with van der Waals surface area (Å²) in [6.45, 7) is 2.38. The van der Waals surface area contributed by atoms with Gasteiger partial charge in [-0.2, -0.15) is 0 Å². The molecule has 0 atom stereocenters. The minimum absolute atomic E-state index is 0.0815. The maximum absolute atomic E-state index is 11.3. The van der Waals surface area contributed by atoms with E-state index in [0.29, 0.717) is 5.92 Å². The lowest BCUT2D eigenvalue weighted by molar-refractivity contribution is -0.131. The highest BCUT2D eigenvalue weighted by atomic mass is 16.2. The zero-order chi connectivity index (χ0) is 9.68. The maximum Gasteiger partial charge on any atom is 0.234 e. The Morgan fingerprint density at radius 3 is 2.62 bits per heavy atom. The van der Waals surface area contributed by atoms with Crippen molar-refractivity contribution in [1.29, 1.82) is 0 Å². The van der Waals surface area contributed by atoms with E-state index in [4.69, 9.17) is 12.2 Å². The predicted octanol–water partition coefficient (Wildman–Crippen LogP) is 0.207. The number of likely N-dealkylation sites (tertiary alicyclic amines) is 1. The standard InChI is InChI=1S/C10H16N2O/c1-2-3-10(13)12-6-4-9(8-11)5-7-12/h1,9H,3-8,11H2. The van der Waals surface area contributed by atoms with Crippen molar-refractivity contribution in [2.45, 2.75) is 19.3 Å². The molecule has 1 aliphatic heterocycles. The van der Waals surface area contributed by atoms with Gasteiger partial charge in [-0.25, -0.2) is 0 Å². The van der Waals surface area contributed by atoms with Gasteiger partial charge < -0.3 is 10.6 Å². The van der Waals surface area contributed by atoms with Gasteiger partial charge >= 0.3 is 0 Å². The van der Waals surface area contributed by atoms with Crippen molar-refractivity contribution >= 4 is 5.91 Å². The van der Waals surface area contributed by atoms with Crippen LogP contribution in [0.3, 0.4) is 0 Å². The molecule has 13 heavy (non-hydrogen) atoms. The van der Waals surface area contributed by atoms with Gasteiger partial charge in [0.2, 0.25) is 5.91 Å². The lowest BCUT2D eigenvalue weighted by Crippen LogP contribution is -2.39. The van der Waals surface area contributed by atoms with Crippen molar-refractivity contribution in [3.05, 3.63) is 0 Å². The van der Waals surface area contributed by atoms with E-state index in [1.54, 1.807) is 0 Å². The fourth-order valence-corrected chi connectivity index (χ4v) is 1.62. The van der Waals surface area contributed by atoms with Crippen LogP contribution in [-0.2, 0) is 4.79 Å². The molecule has 0 radical (unpaired) electrons. The lowest BCUT2D eigenvalue weighted by atomic mass is 9.97. The van der Waals surface area contributed by atoms with Gasteiger partial charge in [0.15, 0.2) is 0 Å². The molecule has 0 aromatic heterocycles. The zero-order valence-electron chi connectivity index (χ0n) is 7.83. The Balaban J connectivity index is 2.33. The molecular weight excluding hydrogens is 164 g/mol. The smallest absolute Gasteiger partial charge is 0.234 e. The maximum atomic E-state index is 11.3. The van der Waals surface area contributed by atoms with Crippen molar-refractivity contribution in [3.63, 3.8) is 0 Å². The number of hydrogen-bond acceptors (Lipinski definition) is 2. The number of terminal acetylenes is 1. The van der Waals surface area contributed by atoms with Crippen LogP contribution in [0.5, 0.6) is 0 Å². The van der Waals surface area contributed by atoms with Crippen LogP contribution in [0.15, 0.2) is 0 Å². The summed E-state index contributed by atoms with van der Waals surface area (Å²) in [6.07, 6.45) is 7.34. The largest absolute Gasteiger partial charge is 0.342 e. The van der Waals surface area contributed by atoms with Gasteiger partial charge in [0.05, 0.1) is 6.42 Å². The first-order valence-electron chi connectivity index (χ1n) is 4.69. The Morgan fingerprint density at radius 2 is 2.15 bits per heavy atom. The van der Waals surface area contributed by atoms with Crippen LogP contribution in [0.1, 0.15) is 19.3 Å². The first kappa shape index (κ1) is 10.1. The number of nitrogens with two attached hydrogens (primary N) is 1. The first-order chi connectivity index (χ1) is 6.27. The van der Waals surface area contributed by atoms with E-state index in [-0.39, 0.29) is 12.3 Å². The van der Waals surface area contributed by atoms with Gasteiger partial charge in [-0.05, 0) is 25.3 Å². The minimum Gasteiger partial charge on any atom is -0.342 e. The van der Waals surface area contributed by atoms with Crippen LogP contribution in [-0.4, -0.2) is 30.4 Å². The minimum atomic E-state index is 0.0815. The van der Waals surface area contributed by atoms with Crippen molar-refractivity contribution in [3.8, 4) is 12.3 Å². The molecule has 1 saturated heterocycles. The van der Waals surface area contributed by atoms with E-state index in [1.165, 1.54) is 0 Å². The van der Waals surface area contributed by atoms with Crippen LogP contribution in [0.2, 0.25) is 0 Å². The molecule has 0 unspecified atom stereocenters. The van der Waals surface area contributed by atoms with Crippen LogP contribution >= 0.6 is 0 Å². The van der Waals surface area contributed by atoms with Crippen molar-refractivity contribution < 1.29 is 4.79 Å². The van der Waals surface area contributed by atoms with Gasteiger partial charge in [0, 0.05) is 13.1 Å². The molecular formula is C10H16N2O. The quantitative estimate of drug-likeness (QED) is 0.617. The third-order valence-electron chi connectivity index (χ3n) is 2.55. The predicted molar refractivity (Wildman–Crippen MR) is 51.8 cm³/mol. The highest BCUT2D eigenvalue weighted by molar-refractivity contribution is 5.78. The highest BCUT2D eigenvalue weighted by Gasteiger charge is 2.20.